The molecule has 42 heavy (non-hydrogen) atoms. The molecule has 9 nitrogen and oxygen atoms in total. The summed E-state index contributed by atoms with van der Waals surface area (Å²) in [6.07, 6.45) is -2.12. The summed E-state index contributed by atoms with van der Waals surface area (Å²) in [5.74, 6) is -1.42. The van der Waals surface area contributed by atoms with E-state index in [1.807, 2.05) is 13.8 Å². The SMILES string of the molecule is COC(=O)c1ccc(S(=O)(=O)CC2CCCCC2NC(=O)Cc2nc3c(C(F)(F)F)cccc3n2N(C)C(C)C)cc1. The first-order chi connectivity index (χ1) is 19.7. The summed E-state index contributed by atoms with van der Waals surface area (Å²) in [6, 6.07) is 8.80. The molecule has 0 radical (unpaired) electrons. The first-order valence-electron chi connectivity index (χ1n) is 13.7. The van der Waals surface area contributed by atoms with E-state index in [4.69, 9.17) is 0 Å². The van der Waals surface area contributed by atoms with Crippen LogP contribution in [0.2, 0.25) is 0 Å². The van der Waals surface area contributed by atoms with Gasteiger partial charge in [-0.3, -0.25) is 4.79 Å². The molecule has 1 heterocycles. The standard InChI is InChI=1S/C29H35F3N4O5S/c1-18(2)35(3)36-24-11-7-9-22(29(30,31)32)27(24)34-25(36)16-26(37)33-23-10-6-5-8-20(23)17-42(39,40)21-14-12-19(13-15-21)28(38)41-4/h7,9,11-15,18,20,23H,5-6,8,10,16-17H2,1-4H3,(H,33,37). The highest BCUT2D eigenvalue weighted by atomic mass is 32.2. The van der Waals surface area contributed by atoms with Crippen molar-refractivity contribution in [2.75, 3.05) is 24.9 Å². The van der Waals surface area contributed by atoms with Gasteiger partial charge in [0.05, 0.1) is 40.8 Å². The Labute approximate surface area is 242 Å². The molecule has 1 N–H and O–H groups in total. The molecule has 13 heteroatoms. The predicted molar refractivity (Wildman–Crippen MR) is 151 cm³/mol. The molecular weight excluding hydrogens is 573 g/mol. The number of para-hydroxylation sites is 1. The average molecular weight is 609 g/mol. The maximum absolute atomic E-state index is 13.8. The van der Waals surface area contributed by atoms with E-state index in [0.29, 0.717) is 12.8 Å². The lowest BCUT2D eigenvalue weighted by atomic mass is 9.85. The zero-order valence-corrected chi connectivity index (χ0v) is 24.8. The number of benzene rings is 2. The number of nitrogens with one attached hydrogen (secondary N) is 1. The topological polar surface area (TPSA) is 111 Å². The summed E-state index contributed by atoms with van der Waals surface area (Å²) >= 11 is 0. The molecule has 0 spiro atoms. The number of rotatable bonds is 9. The van der Waals surface area contributed by atoms with Crippen LogP contribution in [-0.4, -0.2) is 61.9 Å². The van der Waals surface area contributed by atoms with E-state index in [9.17, 15) is 31.2 Å². The highest BCUT2D eigenvalue weighted by molar-refractivity contribution is 7.91. The molecule has 1 amide bonds. The lowest BCUT2D eigenvalue weighted by Crippen LogP contribution is -2.45. The van der Waals surface area contributed by atoms with Crippen molar-refractivity contribution in [3.05, 3.63) is 59.4 Å². The zero-order valence-electron chi connectivity index (χ0n) is 23.9. The summed E-state index contributed by atoms with van der Waals surface area (Å²) in [7, 11) is -0.779. The Bertz CT molecular complexity index is 1550. The van der Waals surface area contributed by atoms with Crippen molar-refractivity contribution >= 4 is 32.7 Å². The fraction of sp³-hybridized carbons (Fsp3) is 0.483. The third kappa shape index (κ3) is 6.71. The molecule has 228 valence electrons. The molecule has 1 aliphatic rings. The van der Waals surface area contributed by atoms with Gasteiger partial charge in [-0.25, -0.2) is 22.9 Å². The lowest BCUT2D eigenvalue weighted by Gasteiger charge is -2.32. The minimum atomic E-state index is -4.62. The Hall–Kier alpha value is -3.61. The molecule has 2 unspecified atom stereocenters. The highest BCUT2D eigenvalue weighted by Crippen LogP contribution is 2.35. The van der Waals surface area contributed by atoms with Gasteiger partial charge in [-0.2, -0.15) is 13.2 Å². The second kappa shape index (κ2) is 12.3. The van der Waals surface area contributed by atoms with Crippen LogP contribution in [0.5, 0.6) is 0 Å². The number of ether oxygens (including phenoxy) is 1. The number of hydrogen-bond acceptors (Lipinski definition) is 7. The first kappa shape index (κ1) is 31.3. The van der Waals surface area contributed by atoms with Crippen molar-refractivity contribution < 1.29 is 35.9 Å². The number of carbonyl (C=O) groups excluding carboxylic acids is 2. The van der Waals surface area contributed by atoms with Gasteiger partial charge in [0.1, 0.15) is 11.3 Å². The number of alkyl halides is 3. The van der Waals surface area contributed by atoms with E-state index >= 15 is 0 Å². The van der Waals surface area contributed by atoms with Gasteiger partial charge in [0, 0.05) is 19.1 Å². The molecule has 1 saturated carbocycles. The fourth-order valence-corrected chi connectivity index (χ4v) is 7.06. The molecule has 1 fully saturated rings. The third-order valence-electron chi connectivity index (χ3n) is 7.74. The highest BCUT2D eigenvalue weighted by Gasteiger charge is 2.36. The Morgan fingerprint density at radius 1 is 1.12 bits per heavy atom. The Balaban J connectivity index is 1.55. The van der Waals surface area contributed by atoms with Crippen LogP contribution in [0.3, 0.4) is 0 Å². The minimum Gasteiger partial charge on any atom is -0.465 e. The Morgan fingerprint density at radius 3 is 2.40 bits per heavy atom. The minimum absolute atomic E-state index is 0.0664. The van der Waals surface area contributed by atoms with Crippen LogP contribution in [0.25, 0.3) is 11.0 Å². The summed E-state index contributed by atoms with van der Waals surface area (Å²) in [6.45, 7) is 3.75. The molecule has 3 aromatic rings. The second-order valence-electron chi connectivity index (χ2n) is 10.9. The van der Waals surface area contributed by atoms with E-state index in [-0.39, 0.29) is 51.5 Å². The molecule has 0 aliphatic heterocycles. The summed E-state index contributed by atoms with van der Waals surface area (Å²) in [4.78, 5) is 29.3. The molecule has 0 bridgehead atoms. The normalized spacial score (nSPS) is 17.8. The van der Waals surface area contributed by atoms with Crippen LogP contribution < -0.4 is 10.3 Å². The number of hydrogen-bond donors (Lipinski definition) is 1. The van der Waals surface area contributed by atoms with E-state index in [1.165, 1.54) is 48.2 Å². The van der Waals surface area contributed by atoms with Crippen molar-refractivity contribution in [2.45, 2.75) is 69.1 Å². The molecule has 2 aromatic carbocycles. The quantitative estimate of drug-likeness (QED) is 0.356. The van der Waals surface area contributed by atoms with Gasteiger partial charge in [0.15, 0.2) is 9.84 Å². The van der Waals surface area contributed by atoms with Gasteiger partial charge in [-0.05, 0) is 69.0 Å². The molecule has 2 atom stereocenters. The van der Waals surface area contributed by atoms with Gasteiger partial charge in [-0.15, -0.1) is 0 Å². The third-order valence-corrected chi connectivity index (χ3v) is 9.60. The van der Waals surface area contributed by atoms with Gasteiger partial charge in [0.25, 0.3) is 0 Å². The smallest absolute Gasteiger partial charge is 0.418 e. The first-order valence-corrected chi connectivity index (χ1v) is 15.4. The number of methoxy groups -OCH3 is 1. The number of nitrogens with zero attached hydrogens (tertiary/aromatic N) is 3. The van der Waals surface area contributed by atoms with Crippen molar-refractivity contribution in [2.24, 2.45) is 5.92 Å². The average Bonchev–Trinajstić information content (AvgIpc) is 3.29. The largest absolute Gasteiger partial charge is 0.465 e. The van der Waals surface area contributed by atoms with E-state index in [1.54, 1.807) is 12.1 Å². The molecule has 1 aliphatic carbocycles. The zero-order chi connectivity index (χ0) is 30.8. The lowest BCUT2D eigenvalue weighted by molar-refractivity contribution is -0.136. The second-order valence-corrected chi connectivity index (χ2v) is 12.9. The van der Waals surface area contributed by atoms with Gasteiger partial charge < -0.3 is 15.1 Å². The van der Waals surface area contributed by atoms with Crippen molar-refractivity contribution in [3.8, 4) is 0 Å². The van der Waals surface area contributed by atoms with Gasteiger partial charge in [-0.1, -0.05) is 18.9 Å². The molecule has 1 aromatic heterocycles. The Morgan fingerprint density at radius 2 is 1.79 bits per heavy atom. The van der Waals surface area contributed by atoms with E-state index in [0.717, 1.165) is 18.9 Å². The van der Waals surface area contributed by atoms with Crippen LogP contribution >= 0.6 is 0 Å². The van der Waals surface area contributed by atoms with Gasteiger partial charge in [0.2, 0.25) is 5.91 Å². The number of imidazole rings is 1. The molecular formula is C29H35F3N4O5S. The van der Waals surface area contributed by atoms with Crippen molar-refractivity contribution in [3.63, 3.8) is 0 Å². The Kier molecular flexibility index (Phi) is 9.19. The number of amides is 1. The van der Waals surface area contributed by atoms with Crippen LogP contribution in [0.1, 0.15) is 61.3 Å². The maximum Gasteiger partial charge on any atom is 0.418 e. The molecule has 0 saturated heterocycles. The van der Waals surface area contributed by atoms with E-state index in [2.05, 4.69) is 15.0 Å². The monoisotopic (exact) mass is 608 g/mol. The summed E-state index contributed by atoms with van der Waals surface area (Å²) in [5, 5.41) is 4.67. The summed E-state index contributed by atoms with van der Waals surface area (Å²) in [5.41, 5.74) is -0.644. The predicted octanol–water partition coefficient (Wildman–Crippen LogP) is 4.51. The van der Waals surface area contributed by atoms with Crippen LogP contribution in [0, 0.1) is 5.92 Å². The summed E-state index contributed by atoms with van der Waals surface area (Å²) < 4.78 is 73.9. The van der Waals surface area contributed by atoms with Crippen LogP contribution in [0.4, 0.5) is 13.2 Å². The van der Waals surface area contributed by atoms with Crippen molar-refractivity contribution in [1.29, 1.82) is 0 Å². The fourth-order valence-electron chi connectivity index (χ4n) is 5.35. The maximum atomic E-state index is 13.8. The number of fused-ring (bicyclic) bond motifs is 1. The number of carbonyl (C=O) groups is 2. The number of esters is 1. The number of halogens is 3. The van der Waals surface area contributed by atoms with Gasteiger partial charge >= 0.3 is 12.1 Å². The number of aromatic nitrogens is 2. The molecule has 4 rings (SSSR count). The van der Waals surface area contributed by atoms with E-state index < -0.39 is 39.5 Å². The van der Waals surface area contributed by atoms with Crippen molar-refractivity contribution in [1.82, 2.24) is 15.0 Å². The number of sulfone groups is 1. The van der Waals surface area contributed by atoms with Crippen LogP contribution in [0.15, 0.2) is 47.4 Å². The van der Waals surface area contributed by atoms with Crippen LogP contribution in [-0.2, 0) is 32.0 Å².